The van der Waals surface area contributed by atoms with E-state index in [1.807, 2.05) is 0 Å². The Morgan fingerprint density at radius 1 is 1.21 bits per heavy atom. The molecule has 1 fully saturated rings. The van der Waals surface area contributed by atoms with E-state index in [1.165, 1.54) is 17.0 Å². The van der Waals surface area contributed by atoms with Gasteiger partial charge in [0.25, 0.3) is 0 Å². The normalized spacial score (nSPS) is 19.1. The third kappa shape index (κ3) is 7.41. The third-order valence-corrected chi connectivity index (χ3v) is 5.27. The highest BCUT2D eigenvalue weighted by Gasteiger charge is 2.37. The molecule has 0 bridgehead atoms. The van der Waals surface area contributed by atoms with E-state index in [9.17, 15) is 26.4 Å². The SMILES string of the molecule is CC(C)(C)OC(=O)N1CCC([C@@H](CS(C)(=O)=O)Oc2ccc(C(F)(F)F)cc2)C1. The molecule has 0 N–H and O–H groups in total. The standard InChI is InChI=1S/C19H26F3NO5S/c1-18(2,3)28-17(24)23-10-9-13(11-23)16(12-29(4,25)26)27-15-7-5-14(6-8-15)19(20,21)22/h5-8,13,16H,9-12H2,1-4H3/t13?,16-/m1/s1. The van der Waals surface area contributed by atoms with E-state index in [0.717, 1.165) is 18.4 Å². The van der Waals surface area contributed by atoms with Crippen LogP contribution in [0.5, 0.6) is 5.75 Å². The number of ether oxygens (including phenoxy) is 2. The van der Waals surface area contributed by atoms with Crippen LogP contribution in [0.2, 0.25) is 0 Å². The lowest BCUT2D eigenvalue weighted by molar-refractivity contribution is -0.137. The van der Waals surface area contributed by atoms with E-state index >= 15 is 0 Å². The number of carbonyl (C=O) groups is 1. The highest BCUT2D eigenvalue weighted by molar-refractivity contribution is 7.90. The van der Waals surface area contributed by atoms with Crippen molar-refractivity contribution in [1.29, 1.82) is 0 Å². The summed E-state index contributed by atoms with van der Waals surface area (Å²) in [7, 11) is -3.42. The van der Waals surface area contributed by atoms with Gasteiger partial charge >= 0.3 is 12.3 Å². The Labute approximate surface area is 168 Å². The van der Waals surface area contributed by atoms with Crippen molar-refractivity contribution in [3.05, 3.63) is 29.8 Å². The van der Waals surface area contributed by atoms with Crippen LogP contribution < -0.4 is 4.74 Å². The number of sulfone groups is 1. The number of nitrogens with zero attached hydrogens (tertiary/aromatic N) is 1. The molecule has 1 aliphatic heterocycles. The number of halogens is 3. The fourth-order valence-electron chi connectivity index (χ4n) is 3.05. The quantitative estimate of drug-likeness (QED) is 0.702. The molecule has 2 atom stereocenters. The molecule has 6 nitrogen and oxygen atoms in total. The van der Waals surface area contributed by atoms with Gasteiger partial charge < -0.3 is 14.4 Å². The first kappa shape index (κ1) is 23.3. The molecule has 0 aromatic heterocycles. The van der Waals surface area contributed by atoms with E-state index in [1.54, 1.807) is 20.8 Å². The van der Waals surface area contributed by atoms with Gasteiger partial charge in [0.1, 0.15) is 17.5 Å². The number of rotatable bonds is 5. The fraction of sp³-hybridized carbons (Fsp3) is 0.632. The molecule has 2 rings (SSSR count). The van der Waals surface area contributed by atoms with Crippen LogP contribution in [0.1, 0.15) is 32.8 Å². The van der Waals surface area contributed by atoms with Crippen molar-refractivity contribution in [2.75, 3.05) is 25.1 Å². The lowest BCUT2D eigenvalue weighted by atomic mass is 10.0. The highest BCUT2D eigenvalue weighted by Crippen LogP contribution is 2.31. The minimum atomic E-state index is -4.47. The number of hydrogen-bond donors (Lipinski definition) is 0. The molecule has 1 unspecified atom stereocenters. The molecule has 0 aliphatic carbocycles. The van der Waals surface area contributed by atoms with Crippen molar-refractivity contribution < 1.29 is 35.9 Å². The summed E-state index contributed by atoms with van der Waals surface area (Å²) in [5.41, 5.74) is -1.47. The van der Waals surface area contributed by atoms with Gasteiger partial charge in [0.2, 0.25) is 0 Å². The van der Waals surface area contributed by atoms with Crippen molar-refractivity contribution in [2.24, 2.45) is 5.92 Å². The minimum Gasteiger partial charge on any atom is -0.489 e. The zero-order valence-electron chi connectivity index (χ0n) is 16.8. The maximum absolute atomic E-state index is 12.7. The summed E-state index contributed by atoms with van der Waals surface area (Å²) in [5, 5.41) is 0. The lowest BCUT2D eigenvalue weighted by Gasteiger charge is -2.26. The maximum Gasteiger partial charge on any atom is 0.416 e. The molecule has 0 spiro atoms. The van der Waals surface area contributed by atoms with Crippen molar-refractivity contribution in [3.8, 4) is 5.75 Å². The Kier molecular flexibility index (Phi) is 6.76. The minimum absolute atomic E-state index is 0.141. The van der Waals surface area contributed by atoms with Gasteiger partial charge in [0.15, 0.2) is 9.84 Å². The number of hydrogen-bond acceptors (Lipinski definition) is 5. The van der Waals surface area contributed by atoms with Gasteiger partial charge in [-0.1, -0.05) is 0 Å². The molecular formula is C19H26F3NO5S. The number of benzene rings is 1. The van der Waals surface area contributed by atoms with Crippen molar-refractivity contribution >= 4 is 15.9 Å². The molecule has 29 heavy (non-hydrogen) atoms. The molecule has 10 heteroatoms. The van der Waals surface area contributed by atoms with Gasteiger partial charge in [0.05, 0.1) is 11.3 Å². The molecule has 1 aromatic carbocycles. The summed E-state index contributed by atoms with van der Waals surface area (Å²) >= 11 is 0. The summed E-state index contributed by atoms with van der Waals surface area (Å²) < 4.78 is 72.9. The maximum atomic E-state index is 12.7. The monoisotopic (exact) mass is 437 g/mol. The smallest absolute Gasteiger partial charge is 0.416 e. The fourth-order valence-corrected chi connectivity index (χ4v) is 3.98. The van der Waals surface area contributed by atoms with Crippen molar-refractivity contribution in [1.82, 2.24) is 4.90 Å². The molecular weight excluding hydrogens is 411 g/mol. The summed E-state index contributed by atoms with van der Waals surface area (Å²) in [4.78, 5) is 13.7. The average Bonchev–Trinajstić information content (AvgIpc) is 3.01. The van der Waals surface area contributed by atoms with E-state index in [-0.39, 0.29) is 24.0 Å². The molecule has 1 amide bonds. The predicted octanol–water partition coefficient (Wildman–Crippen LogP) is 3.75. The van der Waals surface area contributed by atoms with E-state index < -0.39 is 39.4 Å². The van der Waals surface area contributed by atoms with Gasteiger partial charge in [-0.2, -0.15) is 13.2 Å². The topological polar surface area (TPSA) is 72.9 Å². The van der Waals surface area contributed by atoms with Gasteiger partial charge in [-0.3, -0.25) is 0 Å². The molecule has 0 radical (unpaired) electrons. The first-order valence-electron chi connectivity index (χ1n) is 9.13. The van der Waals surface area contributed by atoms with Gasteiger partial charge in [-0.05, 0) is 51.5 Å². The van der Waals surface area contributed by atoms with E-state index in [4.69, 9.17) is 9.47 Å². The summed E-state index contributed by atoms with van der Waals surface area (Å²) in [6, 6.07) is 4.10. The number of likely N-dealkylation sites (tertiary alicyclic amines) is 1. The Hall–Kier alpha value is -1.97. The molecule has 1 saturated heterocycles. The van der Waals surface area contributed by atoms with Crippen molar-refractivity contribution in [3.63, 3.8) is 0 Å². The highest BCUT2D eigenvalue weighted by atomic mass is 32.2. The number of carbonyl (C=O) groups excluding carboxylic acids is 1. The Morgan fingerprint density at radius 2 is 1.79 bits per heavy atom. The summed E-state index contributed by atoms with van der Waals surface area (Å²) in [6.07, 6.45) is -4.19. The van der Waals surface area contributed by atoms with E-state index in [2.05, 4.69) is 0 Å². The van der Waals surface area contributed by atoms with Crippen LogP contribution in [-0.2, 0) is 20.8 Å². The van der Waals surface area contributed by atoms with E-state index in [0.29, 0.717) is 13.0 Å². The van der Waals surface area contributed by atoms with Crippen LogP contribution in [0.25, 0.3) is 0 Å². The van der Waals surface area contributed by atoms with Gasteiger partial charge in [-0.25, -0.2) is 13.2 Å². The second-order valence-corrected chi connectivity index (χ2v) is 10.4. The summed E-state index contributed by atoms with van der Waals surface area (Å²) in [5.74, 6) is -0.456. The van der Waals surface area contributed by atoms with Crippen LogP contribution in [0.4, 0.5) is 18.0 Å². The van der Waals surface area contributed by atoms with Gasteiger partial charge in [0, 0.05) is 25.3 Å². The van der Waals surface area contributed by atoms with Gasteiger partial charge in [-0.15, -0.1) is 0 Å². The molecule has 1 aromatic rings. The Bertz CT molecular complexity index is 816. The molecule has 0 saturated carbocycles. The van der Waals surface area contributed by atoms with Crippen LogP contribution in [-0.4, -0.2) is 56.2 Å². The summed E-state index contributed by atoms with van der Waals surface area (Å²) in [6.45, 7) is 5.88. The Morgan fingerprint density at radius 3 is 2.28 bits per heavy atom. The first-order chi connectivity index (χ1) is 13.1. The first-order valence-corrected chi connectivity index (χ1v) is 11.2. The lowest BCUT2D eigenvalue weighted by Crippen LogP contribution is -2.39. The van der Waals surface area contributed by atoms with Crippen LogP contribution >= 0.6 is 0 Å². The van der Waals surface area contributed by atoms with Crippen molar-refractivity contribution in [2.45, 2.75) is 45.1 Å². The second-order valence-electron chi connectivity index (χ2n) is 8.25. The van der Waals surface area contributed by atoms with Crippen LogP contribution in [0.15, 0.2) is 24.3 Å². The van der Waals surface area contributed by atoms with Crippen LogP contribution in [0, 0.1) is 5.92 Å². The molecule has 1 aliphatic rings. The number of alkyl halides is 3. The average molecular weight is 437 g/mol. The second kappa shape index (κ2) is 8.41. The molecule has 164 valence electrons. The zero-order valence-corrected chi connectivity index (χ0v) is 17.6. The Balaban J connectivity index is 2.12. The van der Waals surface area contributed by atoms with Crippen LogP contribution in [0.3, 0.4) is 0 Å². The number of amides is 1. The largest absolute Gasteiger partial charge is 0.489 e. The predicted molar refractivity (Wildman–Crippen MR) is 101 cm³/mol. The third-order valence-electron chi connectivity index (χ3n) is 4.34. The molecule has 1 heterocycles. The zero-order chi connectivity index (χ0) is 22.0.